The number of halogens is 2. The molecule has 0 fully saturated rings. The first-order chi connectivity index (χ1) is 7.77. The molecule has 0 heterocycles. The van der Waals surface area contributed by atoms with Gasteiger partial charge in [-0.1, -0.05) is 13.8 Å². The first kappa shape index (κ1) is 13.4. The van der Waals surface area contributed by atoms with Crippen LogP contribution in [0, 0.1) is 11.6 Å². The third-order valence-electron chi connectivity index (χ3n) is 2.51. The van der Waals surface area contributed by atoms with E-state index in [-0.39, 0.29) is 17.7 Å². The molecule has 0 amide bonds. The molecule has 0 radical (unpaired) electrons. The van der Waals surface area contributed by atoms with Gasteiger partial charge in [-0.15, -0.1) is 0 Å². The molecular formula is C12H14F2O3. The summed E-state index contributed by atoms with van der Waals surface area (Å²) in [7, 11) is 1.29. The molecule has 0 unspecified atom stereocenters. The minimum atomic E-state index is -1.05. The maximum atomic E-state index is 13.7. The molecule has 0 spiro atoms. The highest BCUT2D eigenvalue weighted by Gasteiger charge is 2.31. The Balaban J connectivity index is 3.33. The monoisotopic (exact) mass is 244 g/mol. The van der Waals surface area contributed by atoms with Crippen molar-refractivity contribution in [3.8, 4) is 5.75 Å². The van der Waals surface area contributed by atoms with Crippen LogP contribution in [0.3, 0.4) is 0 Å². The van der Waals surface area contributed by atoms with Gasteiger partial charge in [0.2, 0.25) is 0 Å². The van der Waals surface area contributed by atoms with Crippen molar-refractivity contribution in [1.82, 2.24) is 0 Å². The Morgan fingerprint density at radius 1 is 1.41 bits per heavy atom. The van der Waals surface area contributed by atoms with Gasteiger partial charge in [-0.05, 0) is 0 Å². The van der Waals surface area contributed by atoms with Crippen molar-refractivity contribution < 1.29 is 23.4 Å². The van der Waals surface area contributed by atoms with Crippen molar-refractivity contribution in [2.45, 2.75) is 25.7 Å². The van der Waals surface area contributed by atoms with E-state index in [1.54, 1.807) is 13.8 Å². The van der Waals surface area contributed by atoms with Gasteiger partial charge in [0.1, 0.15) is 17.4 Å². The van der Waals surface area contributed by atoms with Gasteiger partial charge >= 0.3 is 5.97 Å². The molecule has 1 N–H and O–H groups in total. The molecule has 0 aromatic heterocycles. The van der Waals surface area contributed by atoms with E-state index in [4.69, 9.17) is 9.84 Å². The number of methoxy groups -OCH3 is 1. The van der Waals surface area contributed by atoms with Crippen LogP contribution in [0.15, 0.2) is 12.1 Å². The maximum Gasteiger partial charge on any atom is 0.304 e. The lowest BCUT2D eigenvalue weighted by atomic mass is 9.80. The fraction of sp³-hybridized carbons (Fsp3) is 0.417. The van der Waals surface area contributed by atoms with Crippen LogP contribution >= 0.6 is 0 Å². The van der Waals surface area contributed by atoms with Crippen molar-refractivity contribution in [1.29, 1.82) is 0 Å². The first-order valence-electron chi connectivity index (χ1n) is 5.03. The number of ether oxygens (including phenoxy) is 1. The molecule has 1 rings (SSSR count). The predicted octanol–water partition coefficient (Wildman–Crippen LogP) is 2.73. The highest BCUT2D eigenvalue weighted by molar-refractivity contribution is 5.69. The Morgan fingerprint density at radius 3 is 2.47 bits per heavy atom. The smallest absolute Gasteiger partial charge is 0.304 e. The molecule has 0 atom stereocenters. The van der Waals surface area contributed by atoms with Gasteiger partial charge in [0.15, 0.2) is 0 Å². The number of carboxylic acids is 1. The van der Waals surface area contributed by atoms with Gasteiger partial charge in [0.05, 0.1) is 13.5 Å². The predicted molar refractivity (Wildman–Crippen MR) is 58.2 cm³/mol. The lowest BCUT2D eigenvalue weighted by Crippen LogP contribution is -2.24. The molecule has 5 heteroatoms. The van der Waals surface area contributed by atoms with E-state index in [0.29, 0.717) is 0 Å². The lowest BCUT2D eigenvalue weighted by Gasteiger charge is -2.25. The van der Waals surface area contributed by atoms with Crippen LogP contribution in [0.2, 0.25) is 0 Å². The van der Waals surface area contributed by atoms with Crippen LogP contribution in [-0.4, -0.2) is 18.2 Å². The number of carboxylic acid groups (broad SMARTS) is 1. The molecule has 0 saturated heterocycles. The van der Waals surface area contributed by atoms with E-state index in [0.717, 1.165) is 12.1 Å². The quantitative estimate of drug-likeness (QED) is 0.885. The molecule has 0 aliphatic rings. The zero-order valence-corrected chi connectivity index (χ0v) is 9.88. The van der Waals surface area contributed by atoms with Crippen molar-refractivity contribution in [2.75, 3.05) is 7.11 Å². The SMILES string of the molecule is COc1cc(F)cc(F)c1C(C)(C)CC(=O)O. The van der Waals surface area contributed by atoms with Gasteiger partial charge in [-0.3, -0.25) is 4.79 Å². The van der Waals surface area contributed by atoms with Crippen molar-refractivity contribution in [2.24, 2.45) is 0 Å². The van der Waals surface area contributed by atoms with Gasteiger partial charge in [0.25, 0.3) is 0 Å². The van der Waals surface area contributed by atoms with Gasteiger partial charge in [0, 0.05) is 23.1 Å². The fourth-order valence-corrected chi connectivity index (χ4v) is 1.83. The van der Waals surface area contributed by atoms with E-state index in [2.05, 4.69) is 0 Å². The minimum Gasteiger partial charge on any atom is -0.496 e. The Bertz CT molecular complexity index is 442. The highest BCUT2D eigenvalue weighted by atomic mass is 19.1. The third kappa shape index (κ3) is 2.93. The first-order valence-corrected chi connectivity index (χ1v) is 5.03. The molecule has 17 heavy (non-hydrogen) atoms. The number of benzene rings is 1. The van der Waals surface area contributed by atoms with Crippen LogP contribution in [0.5, 0.6) is 5.75 Å². The normalized spacial score (nSPS) is 11.4. The summed E-state index contributed by atoms with van der Waals surface area (Å²) in [5.41, 5.74) is -0.904. The number of aliphatic carboxylic acids is 1. The molecule has 1 aromatic rings. The van der Waals surface area contributed by atoms with Crippen LogP contribution in [-0.2, 0) is 10.2 Å². The van der Waals surface area contributed by atoms with Crippen molar-refractivity contribution in [3.05, 3.63) is 29.3 Å². The van der Waals surface area contributed by atoms with Crippen molar-refractivity contribution >= 4 is 5.97 Å². The highest BCUT2D eigenvalue weighted by Crippen LogP contribution is 2.36. The molecular weight excluding hydrogens is 230 g/mol. The zero-order chi connectivity index (χ0) is 13.2. The number of carbonyl (C=O) groups is 1. The van der Waals surface area contributed by atoms with E-state index >= 15 is 0 Å². The van der Waals surface area contributed by atoms with Crippen LogP contribution in [0.25, 0.3) is 0 Å². The topological polar surface area (TPSA) is 46.5 Å². The largest absolute Gasteiger partial charge is 0.496 e. The van der Waals surface area contributed by atoms with Crippen LogP contribution in [0.4, 0.5) is 8.78 Å². The minimum absolute atomic E-state index is 0.0220. The third-order valence-corrected chi connectivity index (χ3v) is 2.51. The molecule has 0 bridgehead atoms. The fourth-order valence-electron chi connectivity index (χ4n) is 1.83. The van der Waals surface area contributed by atoms with Gasteiger partial charge < -0.3 is 9.84 Å². The average molecular weight is 244 g/mol. The molecule has 1 aromatic carbocycles. The number of hydrogen-bond acceptors (Lipinski definition) is 2. The average Bonchev–Trinajstić information content (AvgIpc) is 2.13. The molecule has 0 aliphatic heterocycles. The van der Waals surface area contributed by atoms with Crippen LogP contribution in [0.1, 0.15) is 25.8 Å². The number of rotatable bonds is 4. The summed E-state index contributed by atoms with van der Waals surface area (Å²) in [4.78, 5) is 10.7. The van der Waals surface area contributed by atoms with Gasteiger partial charge in [-0.25, -0.2) is 8.78 Å². The van der Waals surface area contributed by atoms with Crippen molar-refractivity contribution in [3.63, 3.8) is 0 Å². The summed E-state index contributed by atoms with van der Waals surface area (Å²) in [6.07, 6.45) is -0.272. The second kappa shape index (κ2) is 4.69. The second-order valence-corrected chi connectivity index (χ2v) is 4.42. The zero-order valence-electron chi connectivity index (χ0n) is 9.88. The van der Waals surface area contributed by atoms with E-state index < -0.39 is 23.0 Å². The summed E-state index contributed by atoms with van der Waals surface area (Å²) in [5.74, 6) is -2.59. The van der Waals surface area contributed by atoms with E-state index in [9.17, 15) is 13.6 Å². The summed E-state index contributed by atoms with van der Waals surface area (Å²) in [6.45, 7) is 3.14. The van der Waals surface area contributed by atoms with E-state index in [1.807, 2.05) is 0 Å². The Kier molecular flexibility index (Phi) is 3.70. The molecule has 0 aliphatic carbocycles. The standard InChI is InChI=1S/C12H14F2O3/c1-12(2,6-10(15)16)11-8(14)4-7(13)5-9(11)17-3/h4-5H,6H2,1-3H3,(H,15,16). The summed E-state index contributed by atoms with van der Waals surface area (Å²) in [6, 6.07) is 1.77. The Hall–Kier alpha value is -1.65. The Labute approximate surface area is 98.0 Å². The lowest BCUT2D eigenvalue weighted by molar-refractivity contribution is -0.138. The molecule has 94 valence electrons. The van der Waals surface area contributed by atoms with Crippen LogP contribution < -0.4 is 4.74 Å². The summed E-state index contributed by atoms with van der Waals surface area (Å²) >= 11 is 0. The summed E-state index contributed by atoms with van der Waals surface area (Å²) < 4.78 is 31.6. The molecule has 3 nitrogen and oxygen atoms in total. The number of hydrogen-bond donors (Lipinski definition) is 1. The van der Waals surface area contributed by atoms with E-state index in [1.165, 1.54) is 7.11 Å². The second-order valence-electron chi connectivity index (χ2n) is 4.42. The molecule has 0 saturated carbocycles. The Morgan fingerprint density at radius 2 is 2.00 bits per heavy atom. The maximum absolute atomic E-state index is 13.7. The summed E-state index contributed by atoms with van der Waals surface area (Å²) in [5, 5.41) is 8.78. The van der Waals surface area contributed by atoms with Gasteiger partial charge in [-0.2, -0.15) is 0 Å².